The summed E-state index contributed by atoms with van der Waals surface area (Å²) in [4.78, 5) is 14.0. The van der Waals surface area contributed by atoms with Crippen LogP contribution >= 0.6 is 23.2 Å². The molecule has 0 aliphatic rings. The highest BCUT2D eigenvalue weighted by Gasteiger charge is 2.20. The predicted octanol–water partition coefficient (Wildman–Crippen LogP) is 3.17. The van der Waals surface area contributed by atoms with Gasteiger partial charge in [-0.15, -0.1) is 0 Å². The third-order valence-corrected chi connectivity index (χ3v) is 5.38. The molecule has 0 aliphatic heterocycles. The van der Waals surface area contributed by atoms with Crippen molar-refractivity contribution in [1.82, 2.24) is 9.62 Å². The topological polar surface area (TPSA) is 66.5 Å². The monoisotopic (exact) mass is 386 g/mol. The second-order valence-electron chi connectivity index (χ2n) is 5.14. The Morgan fingerprint density at radius 2 is 1.88 bits per heavy atom. The van der Waals surface area contributed by atoms with E-state index in [0.717, 1.165) is 5.56 Å². The molecule has 0 spiro atoms. The van der Waals surface area contributed by atoms with Crippen molar-refractivity contribution in [2.45, 2.75) is 11.4 Å². The van der Waals surface area contributed by atoms with E-state index in [4.69, 9.17) is 23.2 Å². The summed E-state index contributed by atoms with van der Waals surface area (Å²) in [5.41, 5.74) is 0.978. The maximum Gasteiger partial charge on any atom is 0.255 e. The fourth-order valence-corrected chi connectivity index (χ4v) is 3.31. The van der Waals surface area contributed by atoms with Crippen LogP contribution in [0.15, 0.2) is 47.4 Å². The van der Waals surface area contributed by atoms with Gasteiger partial charge in [0.25, 0.3) is 5.91 Å². The first kappa shape index (κ1) is 18.7. The number of hydrogen-bond donors (Lipinski definition) is 1. The Kier molecular flexibility index (Phi) is 5.87. The number of rotatable bonds is 5. The van der Waals surface area contributed by atoms with Gasteiger partial charge in [-0.05, 0) is 42.9 Å². The van der Waals surface area contributed by atoms with E-state index in [9.17, 15) is 13.2 Å². The number of sulfonamides is 1. The minimum Gasteiger partial charge on any atom is -0.337 e. The average molecular weight is 387 g/mol. The summed E-state index contributed by atoms with van der Waals surface area (Å²) < 4.78 is 26.0. The molecule has 0 fully saturated rings. The molecule has 0 aliphatic carbocycles. The van der Waals surface area contributed by atoms with Crippen molar-refractivity contribution in [3.05, 3.63) is 63.6 Å². The average Bonchev–Trinajstić information content (AvgIpc) is 2.54. The summed E-state index contributed by atoms with van der Waals surface area (Å²) in [6.07, 6.45) is 0. The molecule has 0 atom stereocenters. The summed E-state index contributed by atoms with van der Waals surface area (Å²) in [6.45, 7) is 0.318. The van der Waals surface area contributed by atoms with Gasteiger partial charge in [0.1, 0.15) is 0 Å². The Morgan fingerprint density at radius 3 is 2.50 bits per heavy atom. The molecule has 0 saturated carbocycles. The number of carbonyl (C=O) groups is 1. The quantitative estimate of drug-likeness (QED) is 0.857. The van der Waals surface area contributed by atoms with Crippen LogP contribution in [0.2, 0.25) is 10.0 Å². The van der Waals surface area contributed by atoms with Crippen molar-refractivity contribution >= 4 is 39.1 Å². The minimum absolute atomic E-state index is 0.0195. The molecule has 0 bridgehead atoms. The number of carbonyl (C=O) groups excluding carboxylic acids is 1. The van der Waals surface area contributed by atoms with Crippen LogP contribution in [0.1, 0.15) is 15.9 Å². The lowest BCUT2D eigenvalue weighted by molar-refractivity contribution is 0.0785. The third-order valence-electron chi connectivity index (χ3n) is 3.40. The fourth-order valence-electron chi connectivity index (χ4n) is 2.14. The minimum atomic E-state index is -3.66. The van der Waals surface area contributed by atoms with E-state index in [1.54, 1.807) is 25.2 Å². The van der Waals surface area contributed by atoms with E-state index in [1.807, 2.05) is 6.07 Å². The van der Waals surface area contributed by atoms with Crippen molar-refractivity contribution in [2.75, 3.05) is 14.1 Å². The van der Waals surface area contributed by atoms with E-state index in [1.165, 1.54) is 30.1 Å². The first-order chi connectivity index (χ1) is 11.2. The van der Waals surface area contributed by atoms with Gasteiger partial charge < -0.3 is 4.90 Å². The summed E-state index contributed by atoms with van der Waals surface area (Å²) in [6, 6.07) is 11.2. The van der Waals surface area contributed by atoms with E-state index >= 15 is 0 Å². The Balaban J connectivity index is 2.30. The number of halogens is 2. The van der Waals surface area contributed by atoms with Crippen LogP contribution in [0.4, 0.5) is 0 Å². The molecule has 8 heteroatoms. The maximum atomic E-state index is 12.6. The number of hydrogen-bond acceptors (Lipinski definition) is 3. The van der Waals surface area contributed by atoms with E-state index in [0.29, 0.717) is 11.6 Å². The molecule has 0 heterocycles. The first-order valence-corrected chi connectivity index (χ1v) is 9.21. The van der Waals surface area contributed by atoms with E-state index in [2.05, 4.69) is 4.72 Å². The van der Waals surface area contributed by atoms with Crippen LogP contribution in [0, 0.1) is 0 Å². The highest BCUT2D eigenvalue weighted by atomic mass is 35.5. The lowest BCUT2D eigenvalue weighted by Gasteiger charge is -2.18. The van der Waals surface area contributed by atoms with Crippen LogP contribution in [0.5, 0.6) is 0 Å². The van der Waals surface area contributed by atoms with Crippen LogP contribution in [0.3, 0.4) is 0 Å². The molecule has 5 nitrogen and oxygen atoms in total. The van der Waals surface area contributed by atoms with Crippen LogP contribution in [-0.2, 0) is 16.6 Å². The zero-order chi connectivity index (χ0) is 17.9. The maximum absolute atomic E-state index is 12.6. The van der Waals surface area contributed by atoms with Gasteiger partial charge in [0.2, 0.25) is 10.0 Å². The van der Waals surface area contributed by atoms with Gasteiger partial charge >= 0.3 is 0 Å². The van der Waals surface area contributed by atoms with Gasteiger partial charge in [-0.1, -0.05) is 35.3 Å². The fraction of sp³-hybridized carbons (Fsp3) is 0.188. The molecule has 0 radical (unpaired) electrons. The number of nitrogens with one attached hydrogen (secondary N) is 1. The van der Waals surface area contributed by atoms with Gasteiger partial charge in [0.15, 0.2) is 0 Å². The Morgan fingerprint density at radius 1 is 1.17 bits per heavy atom. The van der Waals surface area contributed by atoms with Crippen LogP contribution < -0.4 is 4.72 Å². The molecule has 1 amide bonds. The molecule has 0 unspecified atom stereocenters. The highest BCUT2D eigenvalue weighted by molar-refractivity contribution is 7.89. The van der Waals surface area contributed by atoms with Crippen molar-refractivity contribution in [2.24, 2.45) is 0 Å². The number of amides is 1. The molecule has 1 N–H and O–H groups in total. The molecule has 2 aromatic rings. The smallest absolute Gasteiger partial charge is 0.255 e. The summed E-state index contributed by atoms with van der Waals surface area (Å²) in [5, 5.41) is 0.765. The summed E-state index contributed by atoms with van der Waals surface area (Å²) in [5.74, 6) is -0.381. The van der Waals surface area contributed by atoms with Crippen molar-refractivity contribution in [3.63, 3.8) is 0 Å². The molecular formula is C16H16Cl2N2O3S. The van der Waals surface area contributed by atoms with Gasteiger partial charge in [-0.25, -0.2) is 13.1 Å². The van der Waals surface area contributed by atoms with E-state index in [-0.39, 0.29) is 21.4 Å². The second-order valence-corrected chi connectivity index (χ2v) is 7.87. The van der Waals surface area contributed by atoms with Crippen molar-refractivity contribution in [1.29, 1.82) is 0 Å². The normalized spacial score (nSPS) is 11.3. The molecule has 128 valence electrons. The Bertz CT molecular complexity index is 869. The molecule has 2 aromatic carbocycles. The Labute approximate surface area is 151 Å². The molecule has 2 rings (SSSR count). The largest absolute Gasteiger partial charge is 0.337 e. The number of nitrogens with zero attached hydrogens (tertiary/aromatic N) is 1. The summed E-state index contributed by atoms with van der Waals surface area (Å²) >= 11 is 12.0. The summed E-state index contributed by atoms with van der Waals surface area (Å²) in [7, 11) is -0.746. The third kappa shape index (κ3) is 4.27. The van der Waals surface area contributed by atoms with Gasteiger partial charge in [-0.2, -0.15) is 0 Å². The lowest BCUT2D eigenvalue weighted by atomic mass is 10.1. The van der Waals surface area contributed by atoms with Crippen molar-refractivity contribution in [3.8, 4) is 0 Å². The molecule has 0 aromatic heterocycles. The van der Waals surface area contributed by atoms with Gasteiger partial charge in [0.05, 0.1) is 15.5 Å². The van der Waals surface area contributed by atoms with Gasteiger partial charge in [-0.3, -0.25) is 4.79 Å². The second kappa shape index (κ2) is 7.53. The zero-order valence-corrected chi connectivity index (χ0v) is 15.4. The SMILES string of the molecule is CNS(=O)(=O)c1ccc(Cl)c(C(=O)N(C)Cc2cccc(Cl)c2)c1. The highest BCUT2D eigenvalue weighted by Crippen LogP contribution is 2.22. The standard InChI is InChI=1S/C16H16Cl2N2O3S/c1-19-24(22,23)13-6-7-15(18)14(9-13)16(21)20(2)10-11-4-3-5-12(17)8-11/h3-9,19H,10H2,1-2H3. The first-order valence-electron chi connectivity index (χ1n) is 6.97. The Hall–Kier alpha value is -1.60. The van der Waals surface area contributed by atoms with Crippen LogP contribution in [-0.4, -0.2) is 33.3 Å². The lowest BCUT2D eigenvalue weighted by Crippen LogP contribution is -2.27. The zero-order valence-electron chi connectivity index (χ0n) is 13.1. The molecule has 24 heavy (non-hydrogen) atoms. The predicted molar refractivity (Wildman–Crippen MR) is 94.9 cm³/mol. The van der Waals surface area contributed by atoms with Gasteiger partial charge in [0, 0.05) is 18.6 Å². The van der Waals surface area contributed by atoms with E-state index < -0.39 is 10.0 Å². The van der Waals surface area contributed by atoms with Crippen molar-refractivity contribution < 1.29 is 13.2 Å². The van der Waals surface area contributed by atoms with Crippen LogP contribution in [0.25, 0.3) is 0 Å². The molecule has 0 saturated heterocycles. The number of benzene rings is 2. The molecular weight excluding hydrogens is 371 g/mol.